The maximum absolute atomic E-state index is 11.8. The van der Waals surface area contributed by atoms with E-state index in [1.807, 2.05) is 0 Å². The minimum Gasteiger partial charge on any atom is -0.480 e. The minimum absolute atomic E-state index is 0.106. The van der Waals surface area contributed by atoms with Crippen molar-refractivity contribution >= 4 is 23.3 Å². The number of rotatable bonds is 4. The molecule has 0 aliphatic heterocycles. The fourth-order valence-corrected chi connectivity index (χ4v) is 1.73. The summed E-state index contributed by atoms with van der Waals surface area (Å²) in [6.45, 7) is 1.43. The third kappa shape index (κ3) is 2.11. The predicted molar refractivity (Wildman–Crippen MR) is 64.4 cm³/mol. The van der Waals surface area contributed by atoms with Crippen LogP contribution in [0.2, 0.25) is 0 Å². The number of hydrogen-bond acceptors (Lipinski definition) is 3. The van der Waals surface area contributed by atoms with Gasteiger partial charge in [0, 0.05) is 11.3 Å². The van der Waals surface area contributed by atoms with E-state index in [9.17, 15) is 14.4 Å². The summed E-state index contributed by atoms with van der Waals surface area (Å²) in [7, 11) is 0. The lowest BCUT2D eigenvalue weighted by Gasteiger charge is -2.11. The van der Waals surface area contributed by atoms with Gasteiger partial charge in [-0.15, -0.1) is 0 Å². The van der Waals surface area contributed by atoms with Crippen LogP contribution >= 0.6 is 0 Å². The molecule has 1 aromatic carbocycles. The lowest BCUT2D eigenvalue weighted by Crippen LogP contribution is -2.31. The molecule has 0 unspecified atom stereocenters. The van der Waals surface area contributed by atoms with E-state index in [2.05, 4.69) is 5.32 Å². The number of aliphatic carboxylic acids is 1. The monoisotopic (exact) mass is 247 g/mol. The molecule has 1 aliphatic carbocycles. The SMILES string of the molecule is CC(=O)c1cccc(NC(=O)C2(C(=O)O)CC2)c1. The molecular weight excluding hydrogens is 234 g/mol. The molecule has 0 atom stereocenters. The molecule has 1 amide bonds. The van der Waals surface area contributed by atoms with Crippen molar-refractivity contribution in [3.63, 3.8) is 0 Å². The maximum Gasteiger partial charge on any atom is 0.319 e. The van der Waals surface area contributed by atoms with Crippen LogP contribution in [0.5, 0.6) is 0 Å². The predicted octanol–water partition coefficient (Wildman–Crippen LogP) is 1.69. The average Bonchev–Trinajstić information content (AvgIpc) is 3.10. The normalized spacial score (nSPS) is 15.8. The number of hydrogen-bond donors (Lipinski definition) is 2. The Hall–Kier alpha value is -2.17. The van der Waals surface area contributed by atoms with Crippen molar-refractivity contribution in [2.45, 2.75) is 19.8 Å². The van der Waals surface area contributed by atoms with Gasteiger partial charge >= 0.3 is 5.97 Å². The highest BCUT2D eigenvalue weighted by Crippen LogP contribution is 2.46. The van der Waals surface area contributed by atoms with Gasteiger partial charge in [0.25, 0.3) is 0 Å². The topological polar surface area (TPSA) is 83.5 Å². The highest BCUT2D eigenvalue weighted by molar-refractivity contribution is 6.11. The van der Waals surface area contributed by atoms with Crippen LogP contribution in [0.4, 0.5) is 5.69 Å². The fourth-order valence-electron chi connectivity index (χ4n) is 1.73. The van der Waals surface area contributed by atoms with Gasteiger partial charge in [0.15, 0.2) is 5.78 Å². The summed E-state index contributed by atoms with van der Waals surface area (Å²) in [5, 5.41) is 11.5. The number of carboxylic acid groups (broad SMARTS) is 1. The number of carboxylic acids is 1. The van der Waals surface area contributed by atoms with Gasteiger partial charge in [0.1, 0.15) is 5.41 Å². The van der Waals surface area contributed by atoms with E-state index in [1.165, 1.54) is 13.0 Å². The molecule has 5 heteroatoms. The first-order chi connectivity index (χ1) is 8.45. The van der Waals surface area contributed by atoms with E-state index in [1.54, 1.807) is 18.2 Å². The Bertz CT molecular complexity index is 532. The molecule has 2 N–H and O–H groups in total. The molecule has 1 fully saturated rings. The van der Waals surface area contributed by atoms with E-state index < -0.39 is 17.3 Å². The van der Waals surface area contributed by atoms with Crippen LogP contribution in [-0.2, 0) is 9.59 Å². The van der Waals surface area contributed by atoms with Crippen LogP contribution in [0.3, 0.4) is 0 Å². The second kappa shape index (κ2) is 4.25. The highest BCUT2D eigenvalue weighted by atomic mass is 16.4. The summed E-state index contributed by atoms with van der Waals surface area (Å²) < 4.78 is 0. The van der Waals surface area contributed by atoms with Gasteiger partial charge in [-0.2, -0.15) is 0 Å². The number of Topliss-reactive ketones (excluding diaryl/α,β-unsaturated/α-hetero) is 1. The van der Waals surface area contributed by atoms with E-state index in [-0.39, 0.29) is 5.78 Å². The molecule has 0 heterocycles. The van der Waals surface area contributed by atoms with Crippen molar-refractivity contribution in [2.75, 3.05) is 5.32 Å². The Morgan fingerprint density at radius 1 is 1.28 bits per heavy atom. The molecule has 2 rings (SSSR count). The summed E-state index contributed by atoms with van der Waals surface area (Å²) in [6.07, 6.45) is 0.723. The first-order valence-electron chi connectivity index (χ1n) is 5.61. The van der Waals surface area contributed by atoms with Gasteiger partial charge in [-0.3, -0.25) is 14.4 Å². The van der Waals surface area contributed by atoms with Crippen molar-refractivity contribution < 1.29 is 19.5 Å². The molecular formula is C13H13NO4. The first kappa shape index (κ1) is 12.3. The van der Waals surface area contributed by atoms with Crippen molar-refractivity contribution in [1.29, 1.82) is 0 Å². The highest BCUT2D eigenvalue weighted by Gasteiger charge is 2.57. The Labute approximate surface area is 104 Å². The third-order valence-corrected chi connectivity index (χ3v) is 3.12. The molecule has 0 radical (unpaired) electrons. The Kier molecular flexibility index (Phi) is 2.90. The van der Waals surface area contributed by atoms with E-state index in [0.29, 0.717) is 24.1 Å². The molecule has 0 saturated heterocycles. The smallest absolute Gasteiger partial charge is 0.319 e. The third-order valence-electron chi connectivity index (χ3n) is 3.12. The van der Waals surface area contributed by atoms with Crippen LogP contribution < -0.4 is 5.32 Å². The number of carbonyl (C=O) groups excluding carboxylic acids is 2. The van der Waals surface area contributed by atoms with Gasteiger partial charge in [0.05, 0.1) is 0 Å². The number of nitrogens with one attached hydrogen (secondary N) is 1. The van der Waals surface area contributed by atoms with Gasteiger partial charge in [-0.1, -0.05) is 12.1 Å². The molecule has 18 heavy (non-hydrogen) atoms. The number of amides is 1. The summed E-state index contributed by atoms with van der Waals surface area (Å²) in [6, 6.07) is 6.45. The maximum atomic E-state index is 11.8. The largest absolute Gasteiger partial charge is 0.480 e. The molecule has 0 aromatic heterocycles. The second-order valence-corrected chi connectivity index (χ2v) is 4.48. The van der Waals surface area contributed by atoms with Crippen LogP contribution in [0.25, 0.3) is 0 Å². The van der Waals surface area contributed by atoms with E-state index in [4.69, 9.17) is 5.11 Å². The summed E-state index contributed by atoms with van der Waals surface area (Å²) in [5.41, 5.74) is -0.347. The number of carbonyl (C=O) groups is 3. The summed E-state index contributed by atoms with van der Waals surface area (Å²) in [5.74, 6) is -1.72. The Morgan fingerprint density at radius 2 is 1.94 bits per heavy atom. The first-order valence-corrected chi connectivity index (χ1v) is 5.61. The quantitative estimate of drug-likeness (QED) is 0.626. The van der Waals surface area contributed by atoms with Crippen LogP contribution in [-0.4, -0.2) is 22.8 Å². The Balaban J connectivity index is 2.15. The lowest BCUT2D eigenvalue weighted by atomic mass is 10.1. The summed E-state index contributed by atoms with van der Waals surface area (Å²) >= 11 is 0. The molecule has 1 aliphatic rings. The number of benzene rings is 1. The van der Waals surface area contributed by atoms with Crippen molar-refractivity contribution in [2.24, 2.45) is 5.41 Å². The molecule has 0 bridgehead atoms. The van der Waals surface area contributed by atoms with Gasteiger partial charge in [-0.05, 0) is 31.9 Å². The lowest BCUT2D eigenvalue weighted by molar-refractivity contribution is -0.147. The molecule has 0 spiro atoms. The van der Waals surface area contributed by atoms with Crippen molar-refractivity contribution in [3.05, 3.63) is 29.8 Å². The van der Waals surface area contributed by atoms with E-state index in [0.717, 1.165) is 0 Å². The zero-order chi connectivity index (χ0) is 13.3. The number of ketones is 1. The van der Waals surface area contributed by atoms with Crippen LogP contribution in [0.15, 0.2) is 24.3 Å². The van der Waals surface area contributed by atoms with Gasteiger partial charge in [0.2, 0.25) is 5.91 Å². The van der Waals surface area contributed by atoms with Crippen molar-refractivity contribution in [3.8, 4) is 0 Å². The molecule has 5 nitrogen and oxygen atoms in total. The summed E-state index contributed by atoms with van der Waals surface area (Å²) in [4.78, 5) is 34.0. The standard InChI is InChI=1S/C13H13NO4/c1-8(15)9-3-2-4-10(7-9)14-11(16)13(5-6-13)12(17)18/h2-4,7H,5-6H2,1H3,(H,14,16)(H,17,18). The zero-order valence-electron chi connectivity index (χ0n) is 9.90. The zero-order valence-corrected chi connectivity index (χ0v) is 9.90. The fraction of sp³-hybridized carbons (Fsp3) is 0.308. The molecule has 94 valence electrons. The molecule has 1 saturated carbocycles. The minimum atomic E-state index is -1.27. The second-order valence-electron chi connectivity index (χ2n) is 4.48. The van der Waals surface area contributed by atoms with Crippen LogP contribution in [0.1, 0.15) is 30.1 Å². The number of anilines is 1. The Morgan fingerprint density at radius 3 is 2.44 bits per heavy atom. The van der Waals surface area contributed by atoms with E-state index >= 15 is 0 Å². The van der Waals surface area contributed by atoms with Crippen LogP contribution in [0, 0.1) is 5.41 Å². The van der Waals surface area contributed by atoms with Crippen molar-refractivity contribution in [1.82, 2.24) is 0 Å². The van der Waals surface area contributed by atoms with Gasteiger partial charge < -0.3 is 10.4 Å². The molecule has 1 aromatic rings. The van der Waals surface area contributed by atoms with Gasteiger partial charge in [-0.25, -0.2) is 0 Å². The average molecular weight is 247 g/mol.